The lowest BCUT2D eigenvalue weighted by Gasteiger charge is -2.22. The van der Waals surface area contributed by atoms with E-state index < -0.39 is 0 Å². The third kappa shape index (κ3) is 2.40. The van der Waals surface area contributed by atoms with Gasteiger partial charge in [0.25, 0.3) is 0 Å². The van der Waals surface area contributed by atoms with Crippen LogP contribution in [0.5, 0.6) is 0 Å². The summed E-state index contributed by atoms with van der Waals surface area (Å²) in [6, 6.07) is 0. The highest BCUT2D eigenvalue weighted by Crippen LogP contribution is 2.38. The van der Waals surface area contributed by atoms with Crippen LogP contribution in [-0.2, 0) is 0 Å². The predicted octanol–water partition coefficient (Wildman–Crippen LogP) is 3.25. The van der Waals surface area contributed by atoms with Crippen LogP contribution in [0.25, 0.3) is 0 Å². The minimum Gasteiger partial charge on any atom is -0.330 e. The smallest absolute Gasteiger partial charge is 0.0959 e. The second-order valence-electron chi connectivity index (χ2n) is 4.46. The van der Waals surface area contributed by atoms with Crippen molar-refractivity contribution < 1.29 is 0 Å². The van der Waals surface area contributed by atoms with Gasteiger partial charge in [0.1, 0.15) is 0 Å². The molecule has 1 aliphatic rings. The van der Waals surface area contributed by atoms with E-state index in [1.54, 1.807) is 0 Å². The molecule has 1 aromatic rings. The van der Waals surface area contributed by atoms with Gasteiger partial charge in [-0.15, -0.1) is 11.3 Å². The van der Waals surface area contributed by atoms with Gasteiger partial charge in [0.05, 0.1) is 10.7 Å². The summed E-state index contributed by atoms with van der Waals surface area (Å²) in [4.78, 5) is 4.76. The Kier molecular flexibility index (Phi) is 3.76. The second kappa shape index (κ2) is 5.08. The van der Waals surface area contributed by atoms with Gasteiger partial charge in [-0.05, 0) is 19.3 Å². The molecule has 0 radical (unpaired) electrons. The average Bonchev–Trinajstić information content (AvgIpc) is 2.60. The molecule has 1 unspecified atom stereocenters. The molecule has 0 bridgehead atoms. The van der Waals surface area contributed by atoms with E-state index in [0.717, 1.165) is 12.5 Å². The van der Waals surface area contributed by atoms with E-state index in [4.69, 9.17) is 10.7 Å². The molecule has 1 fully saturated rings. The minimum absolute atomic E-state index is 0.486. The Morgan fingerprint density at radius 1 is 1.60 bits per heavy atom. The van der Waals surface area contributed by atoms with E-state index in [1.165, 1.54) is 42.8 Å². The Bertz CT molecular complexity index is 304. The lowest BCUT2D eigenvalue weighted by molar-refractivity contribution is 0.417. The van der Waals surface area contributed by atoms with Gasteiger partial charge >= 0.3 is 0 Å². The van der Waals surface area contributed by atoms with Crippen LogP contribution in [0.4, 0.5) is 0 Å². The van der Waals surface area contributed by atoms with Crippen LogP contribution < -0.4 is 5.73 Å². The monoisotopic (exact) mass is 224 g/mol. The molecule has 2 N–H and O–H groups in total. The molecule has 0 spiro atoms. The highest BCUT2D eigenvalue weighted by Gasteiger charge is 2.23. The fraction of sp³-hybridized carbons (Fsp3) is 0.750. The summed E-state index contributed by atoms with van der Waals surface area (Å²) in [5.41, 5.74) is 7.03. The fourth-order valence-corrected chi connectivity index (χ4v) is 3.14. The van der Waals surface area contributed by atoms with Gasteiger partial charge < -0.3 is 5.73 Å². The molecule has 0 amide bonds. The number of hydrogen-bond acceptors (Lipinski definition) is 3. The van der Waals surface area contributed by atoms with Gasteiger partial charge in [0.15, 0.2) is 0 Å². The van der Waals surface area contributed by atoms with Gasteiger partial charge in [0, 0.05) is 23.8 Å². The van der Waals surface area contributed by atoms with Crippen molar-refractivity contribution in [1.29, 1.82) is 0 Å². The number of rotatable bonds is 5. The maximum atomic E-state index is 5.79. The molecule has 1 saturated carbocycles. The molecule has 0 aromatic carbocycles. The molecular formula is C12H20N2S. The standard InChI is InChI=1S/C12H20N2S/c1-2-4-10(7-13)11-8-15-12(14-11)9-5-3-6-9/h8-10H,2-7,13H2,1H3. The molecule has 1 heterocycles. The van der Waals surface area contributed by atoms with Crippen molar-refractivity contribution in [2.24, 2.45) is 5.73 Å². The lowest BCUT2D eigenvalue weighted by atomic mass is 9.86. The van der Waals surface area contributed by atoms with Gasteiger partial charge in [-0.25, -0.2) is 4.98 Å². The SMILES string of the molecule is CCCC(CN)c1csc(C2CCC2)n1. The number of nitrogens with two attached hydrogens (primary N) is 1. The lowest BCUT2D eigenvalue weighted by Crippen LogP contribution is -2.13. The number of aromatic nitrogens is 1. The summed E-state index contributed by atoms with van der Waals surface area (Å²) in [5, 5.41) is 3.58. The molecule has 15 heavy (non-hydrogen) atoms. The van der Waals surface area contributed by atoms with Crippen molar-refractivity contribution >= 4 is 11.3 Å². The normalized spacial score (nSPS) is 18.8. The first-order valence-electron chi connectivity index (χ1n) is 6.00. The fourth-order valence-electron chi connectivity index (χ4n) is 2.07. The number of thiazole rings is 1. The zero-order chi connectivity index (χ0) is 10.7. The van der Waals surface area contributed by atoms with E-state index in [1.807, 2.05) is 11.3 Å². The Morgan fingerprint density at radius 3 is 2.93 bits per heavy atom. The van der Waals surface area contributed by atoms with E-state index in [2.05, 4.69) is 12.3 Å². The Balaban J connectivity index is 2.03. The van der Waals surface area contributed by atoms with Crippen molar-refractivity contribution in [3.05, 3.63) is 16.1 Å². The summed E-state index contributed by atoms with van der Waals surface area (Å²) in [6.45, 7) is 2.95. The van der Waals surface area contributed by atoms with Gasteiger partial charge in [-0.2, -0.15) is 0 Å². The predicted molar refractivity (Wildman–Crippen MR) is 65.4 cm³/mol. The molecule has 1 aromatic heterocycles. The second-order valence-corrected chi connectivity index (χ2v) is 5.35. The summed E-state index contributed by atoms with van der Waals surface area (Å²) in [5.74, 6) is 1.25. The van der Waals surface area contributed by atoms with Crippen LogP contribution in [0.2, 0.25) is 0 Å². The molecule has 2 rings (SSSR count). The van der Waals surface area contributed by atoms with Gasteiger partial charge in [0.2, 0.25) is 0 Å². The van der Waals surface area contributed by atoms with Crippen LogP contribution in [0.3, 0.4) is 0 Å². The number of hydrogen-bond donors (Lipinski definition) is 1. The third-order valence-corrected chi connectivity index (χ3v) is 4.36. The van der Waals surface area contributed by atoms with E-state index in [0.29, 0.717) is 5.92 Å². The summed E-state index contributed by atoms with van der Waals surface area (Å²) in [6.07, 6.45) is 6.43. The summed E-state index contributed by atoms with van der Waals surface area (Å²) < 4.78 is 0. The maximum Gasteiger partial charge on any atom is 0.0959 e. The van der Waals surface area contributed by atoms with Gasteiger partial charge in [-0.1, -0.05) is 19.8 Å². The van der Waals surface area contributed by atoms with E-state index in [-0.39, 0.29) is 0 Å². The molecule has 84 valence electrons. The molecule has 3 heteroatoms. The van der Waals surface area contributed by atoms with Crippen molar-refractivity contribution in [2.75, 3.05) is 6.54 Å². The number of nitrogens with zero attached hydrogens (tertiary/aromatic N) is 1. The summed E-state index contributed by atoms with van der Waals surface area (Å²) >= 11 is 1.84. The molecule has 1 atom stereocenters. The largest absolute Gasteiger partial charge is 0.330 e. The van der Waals surface area contributed by atoms with Gasteiger partial charge in [-0.3, -0.25) is 0 Å². The minimum atomic E-state index is 0.486. The topological polar surface area (TPSA) is 38.9 Å². The summed E-state index contributed by atoms with van der Waals surface area (Å²) in [7, 11) is 0. The molecule has 1 aliphatic carbocycles. The van der Waals surface area contributed by atoms with Crippen molar-refractivity contribution in [2.45, 2.75) is 50.9 Å². The van der Waals surface area contributed by atoms with Crippen LogP contribution in [-0.4, -0.2) is 11.5 Å². The first-order chi connectivity index (χ1) is 7.35. The Labute approximate surface area is 95.9 Å². The van der Waals surface area contributed by atoms with E-state index >= 15 is 0 Å². The van der Waals surface area contributed by atoms with Crippen molar-refractivity contribution in [3.63, 3.8) is 0 Å². The highest BCUT2D eigenvalue weighted by atomic mass is 32.1. The third-order valence-electron chi connectivity index (χ3n) is 3.33. The highest BCUT2D eigenvalue weighted by molar-refractivity contribution is 7.09. The zero-order valence-corrected chi connectivity index (χ0v) is 10.2. The quantitative estimate of drug-likeness (QED) is 0.834. The maximum absolute atomic E-state index is 5.79. The Morgan fingerprint density at radius 2 is 2.40 bits per heavy atom. The van der Waals surface area contributed by atoms with Crippen molar-refractivity contribution in [3.8, 4) is 0 Å². The van der Waals surface area contributed by atoms with E-state index in [9.17, 15) is 0 Å². The molecular weight excluding hydrogens is 204 g/mol. The zero-order valence-electron chi connectivity index (χ0n) is 9.41. The first-order valence-corrected chi connectivity index (χ1v) is 6.88. The average molecular weight is 224 g/mol. The first kappa shape index (κ1) is 11.1. The van der Waals surface area contributed by atoms with Crippen LogP contribution in [0, 0.1) is 0 Å². The van der Waals surface area contributed by atoms with Crippen LogP contribution in [0.1, 0.15) is 61.6 Å². The molecule has 0 saturated heterocycles. The molecule has 2 nitrogen and oxygen atoms in total. The molecule has 0 aliphatic heterocycles. The van der Waals surface area contributed by atoms with Crippen LogP contribution >= 0.6 is 11.3 Å². The van der Waals surface area contributed by atoms with Crippen LogP contribution in [0.15, 0.2) is 5.38 Å². The van der Waals surface area contributed by atoms with Crippen molar-refractivity contribution in [1.82, 2.24) is 4.98 Å². The Hall–Kier alpha value is -0.410.